The average molecular weight is 411 g/mol. The first-order chi connectivity index (χ1) is 14.4. The molecule has 1 aliphatic rings. The summed E-state index contributed by atoms with van der Waals surface area (Å²) in [6.45, 7) is -0.212. The number of aliphatic hydroxyl groups excluding tert-OH is 1. The van der Waals surface area contributed by atoms with Gasteiger partial charge in [-0.1, -0.05) is 30.3 Å². The molecule has 30 heavy (non-hydrogen) atoms. The van der Waals surface area contributed by atoms with E-state index in [2.05, 4.69) is 0 Å². The number of carboxylic acid groups (broad SMARTS) is 1. The number of Topliss-reactive ketones (excluding diaryl/α,β-unsaturated/α-hetero) is 1. The van der Waals surface area contributed by atoms with Crippen molar-refractivity contribution in [1.82, 2.24) is 4.90 Å². The number of aliphatic carboxylic acids is 1. The van der Waals surface area contributed by atoms with Gasteiger partial charge in [0.05, 0.1) is 32.3 Å². The molecule has 1 amide bonds. The zero-order chi connectivity index (χ0) is 21.8. The third kappa shape index (κ3) is 3.84. The molecule has 2 aromatic carbocycles. The van der Waals surface area contributed by atoms with Crippen molar-refractivity contribution in [2.24, 2.45) is 0 Å². The quantitative estimate of drug-likeness (QED) is 0.409. The highest BCUT2D eigenvalue weighted by molar-refractivity contribution is 6.46. The number of hydrogen-bond acceptors (Lipinski definition) is 6. The zero-order valence-corrected chi connectivity index (χ0v) is 16.5. The van der Waals surface area contributed by atoms with Crippen LogP contribution in [-0.4, -0.2) is 53.5 Å². The Labute approximate surface area is 173 Å². The minimum Gasteiger partial charge on any atom is -0.507 e. The minimum atomic E-state index is -1.11. The topological polar surface area (TPSA) is 113 Å². The van der Waals surface area contributed by atoms with E-state index in [1.165, 1.54) is 14.2 Å². The Morgan fingerprint density at radius 3 is 2.33 bits per heavy atom. The third-order valence-corrected chi connectivity index (χ3v) is 4.89. The Morgan fingerprint density at radius 2 is 1.73 bits per heavy atom. The van der Waals surface area contributed by atoms with Gasteiger partial charge >= 0.3 is 5.97 Å². The monoisotopic (exact) mass is 411 g/mol. The largest absolute Gasteiger partial charge is 0.507 e. The van der Waals surface area contributed by atoms with Crippen LogP contribution >= 0.6 is 0 Å². The van der Waals surface area contributed by atoms with Crippen molar-refractivity contribution in [2.75, 3.05) is 20.8 Å². The maximum atomic E-state index is 12.9. The zero-order valence-electron chi connectivity index (χ0n) is 16.5. The molecule has 1 fully saturated rings. The number of hydrogen-bond donors (Lipinski definition) is 2. The first kappa shape index (κ1) is 20.9. The number of methoxy groups -OCH3 is 2. The van der Waals surface area contributed by atoms with E-state index in [0.717, 1.165) is 4.90 Å². The number of rotatable bonds is 7. The van der Waals surface area contributed by atoms with Gasteiger partial charge in [0.2, 0.25) is 0 Å². The molecule has 2 aromatic rings. The molecule has 8 nitrogen and oxygen atoms in total. The number of carbonyl (C=O) groups excluding carboxylic acids is 2. The molecule has 0 unspecified atom stereocenters. The fraction of sp³-hybridized carbons (Fsp3) is 0.227. The van der Waals surface area contributed by atoms with Crippen LogP contribution in [0.1, 0.15) is 23.6 Å². The summed E-state index contributed by atoms with van der Waals surface area (Å²) in [5.41, 5.74) is 0.627. The van der Waals surface area contributed by atoms with Crippen LogP contribution in [0.5, 0.6) is 11.5 Å². The van der Waals surface area contributed by atoms with Crippen molar-refractivity contribution in [3.05, 3.63) is 65.2 Å². The van der Waals surface area contributed by atoms with Gasteiger partial charge < -0.3 is 24.6 Å². The van der Waals surface area contributed by atoms with E-state index in [0.29, 0.717) is 22.6 Å². The van der Waals surface area contributed by atoms with Gasteiger partial charge in [0.15, 0.2) is 0 Å². The van der Waals surface area contributed by atoms with Crippen molar-refractivity contribution < 1.29 is 34.1 Å². The lowest BCUT2D eigenvalue weighted by Crippen LogP contribution is -2.32. The van der Waals surface area contributed by atoms with Crippen LogP contribution in [0.3, 0.4) is 0 Å². The van der Waals surface area contributed by atoms with Crippen LogP contribution in [0.25, 0.3) is 5.76 Å². The number of carboxylic acids is 1. The van der Waals surface area contributed by atoms with Crippen molar-refractivity contribution >= 4 is 23.4 Å². The first-order valence-corrected chi connectivity index (χ1v) is 9.16. The second-order valence-electron chi connectivity index (χ2n) is 6.61. The second kappa shape index (κ2) is 8.69. The van der Waals surface area contributed by atoms with Crippen LogP contribution in [0.4, 0.5) is 0 Å². The highest BCUT2D eigenvalue weighted by atomic mass is 16.5. The van der Waals surface area contributed by atoms with Crippen LogP contribution in [0.15, 0.2) is 54.1 Å². The van der Waals surface area contributed by atoms with E-state index in [1.807, 2.05) is 0 Å². The van der Waals surface area contributed by atoms with E-state index in [1.54, 1.807) is 48.5 Å². The molecule has 1 saturated heterocycles. The number of carbonyl (C=O) groups is 3. The summed E-state index contributed by atoms with van der Waals surface area (Å²) >= 11 is 0. The molecule has 1 heterocycles. The summed E-state index contributed by atoms with van der Waals surface area (Å²) in [7, 11) is 2.91. The molecule has 2 N–H and O–H groups in total. The summed E-state index contributed by atoms with van der Waals surface area (Å²) in [5.74, 6) is -2.42. The number of benzene rings is 2. The molecule has 8 heteroatoms. The summed E-state index contributed by atoms with van der Waals surface area (Å²) in [5, 5.41) is 20.0. The Hall–Kier alpha value is -3.81. The van der Waals surface area contributed by atoms with Gasteiger partial charge in [0, 0.05) is 17.7 Å². The number of amides is 1. The van der Waals surface area contributed by atoms with Crippen molar-refractivity contribution in [3.63, 3.8) is 0 Å². The Balaban J connectivity index is 2.24. The number of nitrogens with zero attached hydrogens (tertiary/aromatic N) is 1. The SMILES string of the molecule is COc1ccc(OC)c([C@@H]2C(=C(O)c3ccccc3)C(=O)C(=O)N2CCC(=O)O)c1. The van der Waals surface area contributed by atoms with Crippen molar-refractivity contribution in [1.29, 1.82) is 0 Å². The van der Waals surface area contributed by atoms with Crippen LogP contribution < -0.4 is 9.47 Å². The minimum absolute atomic E-state index is 0.136. The van der Waals surface area contributed by atoms with E-state index in [-0.39, 0.29) is 24.3 Å². The van der Waals surface area contributed by atoms with Crippen LogP contribution in [0.2, 0.25) is 0 Å². The normalized spacial score (nSPS) is 17.8. The highest BCUT2D eigenvalue weighted by Gasteiger charge is 2.47. The second-order valence-corrected chi connectivity index (χ2v) is 6.61. The van der Waals surface area contributed by atoms with Gasteiger partial charge in [-0.25, -0.2) is 0 Å². The molecule has 0 radical (unpaired) electrons. The smallest absolute Gasteiger partial charge is 0.305 e. The summed E-state index contributed by atoms with van der Waals surface area (Å²) in [6.07, 6.45) is -0.360. The lowest BCUT2D eigenvalue weighted by molar-refractivity contribution is -0.142. The molecular weight excluding hydrogens is 390 g/mol. The van der Waals surface area contributed by atoms with Crippen molar-refractivity contribution in [2.45, 2.75) is 12.5 Å². The van der Waals surface area contributed by atoms with Crippen LogP contribution in [0, 0.1) is 0 Å². The van der Waals surface area contributed by atoms with Crippen LogP contribution in [-0.2, 0) is 14.4 Å². The summed E-state index contributed by atoms with van der Waals surface area (Å²) < 4.78 is 10.7. The number of ether oxygens (including phenoxy) is 2. The molecule has 3 rings (SSSR count). The van der Waals surface area contributed by atoms with Gasteiger partial charge in [-0.3, -0.25) is 14.4 Å². The molecule has 1 atom stereocenters. The molecule has 156 valence electrons. The summed E-state index contributed by atoms with van der Waals surface area (Å²) in [6, 6.07) is 12.2. The lowest BCUT2D eigenvalue weighted by Gasteiger charge is -2.26. The molecule has 0 spiro atoms. The third-order valence-electron chi connectivity index (χ3n) is 4.89. The van der Waals surface area contributed by atoms with Gasteiger partial charge in [-0.15, -0.1) is 0 Å². The Kier molecular flexibility index (Phi) is 6.06. The maximum Gasteiger partial charge on any atom is 0.305 e. The predicted molar refractivity (Wildman–Crippen MR) is 107 cm³/mol. The number of aliphatic hydroxyl groups is 1. The highest BCUT2D eigenvalue weighted by Crippen LogP contribution is 2.43. The standard InChI is InChI=1S/C22H21NO7/c1-29-14-8-9-16(30-2)15(12-14)19-18(20(26)13-6-4-3-5-7-13)21(27)22(28)23(19)11-10-17(24)25/h3-9,12,19,26H,10-11H2,1-2H3,(H,24,25)/t19-/m1/s1. The number of ketones is 1. The van der Waals surface area contributed by atoms with E-state index in [4.69, 9.17) is 14.6 Å². The van der Waals surface area contributed by atoms with E-state index >= 15 is 0 Å². The molecule has 0 bridgehead atoms. The first-order valence-electron chi connectivity index (χ1n) is 9.16. The lowest BCUT2D eigenvalue weighted by atomic mass is 9.94. The van der Waals surface area contributed by atoms with Gasteiger partial charge in [-0.05, 0) is 18.2 Å². The summed E-state index contributed by atoms with van der Waals surface area (Å²) in [4.78, 5) is 37.9. The molecular formula is C22H21NO7. The Morgan fingerprint density at radius 1 is 1.03 bits per heavy atom. The fourth-order valence-electron chi connectivity index (χ4n) is 3.45. The molecule has 1 aliphatic heterocycles. The van der Waals surface area contributed by atoms with Gasteiger partial charge in [0.25, 0.3) is 11.7 Å². The molecule has 0 aromatic heterocycles. The fourth-order valence-corrected chi connectivity index (χ4v) is 3.45. The van der Waals surface area contributed by atoms with E-state index in [9.17, 15) is 19.5 Å². The molecule has 0 saturated carbocycles. The van der Waals surface area contributed by atoms with Gasteiger partial charge in [-0.2, -0.15) is 0 Å². The molecule has 0 aliphatic carbocycles. The van der Waals surface area contributed by atoms with E-state index < -0.39 is 23.7 Å². The van der Waals surface area contributed by atoms with Gasteiger partial charge in [0.1, 0.15) is 17.3 Å². The number of likely N-dealkylation sites (tertiary alicyclic amines) is 1. The average Bonchev–Trinajstić information content (AvgIpc) is 3.01. The van der Waals surface area contributed by atoms with Crippen molar-refractivity contribution in [3.8, 4) is 11.5 Å². The predicted octanol–water partition coefficient (Wildman–Crippen LogP) is 2.60. The Bertz CT molecular complexity index is 1010. The maximum absolute atomic E-state index is 12.9.